The van der Waals surface area contributed by atoms with Gasteiger partial charge in [-0.2, -0.15) is 13.5 Å². The number of aliphatic hydroxyl groups is 1. The summed E-state index contributed by atoms with van der Waals surface area (Å²) in [6.45, 7) is 0.837. The highest BCUT2D eigenvalue weighted by Gasteiger charge is 2.47. The average Bonchev–Trinajstić information content (AvgIpc) is 2.96. The molecule has 4 nitrogen and oxygen atoms in total. The van der Waals surface area contributed by atoms with Gasteiger partial charge in [0.25, 0.3) is 0 Å². The Bertz CT molecular complexity index is 916. The third-order valence-electron chi connectivity index (χ3n) is 5.94. The van der Waals surface area contributed by atoms with Gasteiger partial charge in [0.1, 0.15) is 6.61 Å². The van der Waals surface area contributed by atoms with Gasteiger partial charge in [-0.25, -0.2) is 0 Å². The molecule has 2 aliphatic rings. The van der Waals surface area contributed by atoms with E-state index in [9.17, 15) is 9.59 Å². The van der Waals surface area contributed by atoms with E-state index in [4.69, 9.17) is 16.7 Å². The van der Waals surface area contributed by atoms with Crippen molar-refractivity contribution in [1.29, 1.82) is 0 Å². The van der Waals surface area contributed by atoms with Gasteiger partial charge in [0.05, 0.1) is 5.41 Å². The zero-order valence-electron chi connectivity index (χ0n) is 15.6. The van der Waals surface area contributed by atoms with Crippen LogP contribution in [0.15, 0.2) is 42.5 Å². The normalized spacial score (nSPS) is 20.8. The van der Waals surface area contributed by atoms with Crippen LogP contribution in [0.25, 0.3) is 0 Å². The first-order valence-corrected chi connectivity index (χ1v) is 9.68. The first-order chi connectivity index (χ1) is 13.0. The molecule has 1 fully saturated rings. The molecule has 1 N–H and O–H groups in total. The van der Waals surface area contributed by atoms with Crippen molar-refractivity contribution in [2.75, 3.05) is 13.2 Å². The first kappa shape index (κ1) is 20.9. The second kappa shape index (κ2) is 8.27. The number of fused-ring (bicyclic) bond motifs is 1. The molecule has 1 atom stereocenters. The molecule has 1 spiro atoms. The number of carbonyl (C=O) groups is 2. The summed E-state index contributed by atoms with van der Waals surface area (Å²) < 4.78 is 0. The Morgan fingerprint density at radius 2 is 1.96 bits per heavy atom. The van der Waals surface area contributed by atoms with Crippen LogP contribution in [0, 0.1) is 5.41 Å². The summed E-state index contributed by atoms with van der Waals surface area (Å²) in [4.78, 5) is 27.0. The van der Waals surface area contributed by atoms with E-state index >= 15 is 0 Å². The van der Waals surface area contributed by atoms with Crippen LogP contribution in [-0.4, -0.2) is 34.8 Å². The van der Waals surface area contributed by atoms with Crippen molar-refractivity contribution in [2.24, 2.45) is 5.41 Å². The quantitative estimate of drug-likeness (QED) is 0.774. The minimum atomic E-state index is -0.490. The Labute approximate surface area is 176 Å². The maximum atomic E-state index is 13.2. The van der Waals surface area contributed by atoms with E-state index < -0.39 is 6.61 Å². The summed E-state index contributed by atoms with van der Waals surface area (Å²) in [5.41, 5.74) is 3.47. The molecule has 4 rings (SSSR count). The van der Waals surface area contributed by atoms with E-state index in [0.29, 0.717) is 23.6 Å². The third-order valence-corrected chi connectivity index (χ3v) is 6.17. The second-order valence-electron chi connectivity index (χ2n) is 7.63. The summed E-state index contributed by atoms with van der Waals surface area (Å²) in [6.07, 6.45) is 3.20. The minimum absolute atomic E-state index is 0. The standard InChI is InChI=1S/C22H22ClNO3.H2S/c23-19-3-1-2-15(10-19)13-24-9-8-22(21(24)27)7-6-16-4-5-17(20(26)14-25)11-18(16)12-22;/h1-5,10-11,25H,6-9,12-14H2;1H2/t22-;/m1./s1. The van der Waals surface area contributed by atoms with Gasteiger partial charge in [0.15, 0.2) is 5.78 Å². The van der Waals surface area contributed by atoms with Crippen molar-refractivity contribution in [3.05, 3.63) is 69.7 Å². The molecule has 2 aromatic carbocycles. The van der Waals surface area contributed by atoms with E-state index in [0.717, 1.165) is 36.9 Å². The van der Waals surface area contributed by atoms with Crippen molar-refractivity contribution < 1.29 is 14.7 Å². The number of rotatable bonds is 4. The fraction of sp³-hybridized carbons (Fsp3) is 0.364. The van der Waals surface area contributed by atoms with Gasteiger partial charge in [-0.15, -0.1) is 0 Å². The molecule has 2 aromatic rings. The zero-order valence-corrected chi connectivity index (χ0v) is 17.3. The van der Waals surface area contributed by atoms with E-state index in [2.05, 4.69) is 0 Å². The van der Waals surface area contributed by atoms with Crippen LogP contribution in [0.5, 0.6) is 0 Å². The fourth-order valence-electron chi connectivity index (χ4n) is 4.42. The molecule has 0 bridgehead atoms. The summed E-state index contributed by atoms with van der Waals surface area (Å²) in [7, 11) is 0. The molecular formula is C22H24ClNO3S. The van der Waals surface area contributed by atoms with Gasteiger partial charge in [-0.3, -0.25) is 9.59 Å². The van der Waals surface area contributed by atoms with Crippen LogP contribution in [0.4, 0.5) is 0 Å². The van der Waals surface area contributed by atoms with Gasteiger partial charge in [-0.05, 0) is 60.6 Å². The van der Waals surface area contributed by atoms with Gasteiger partial charge in [0, 0.05) is 23.7 Å². The lowest BCUT2D eigenvalue weighted by molar-refractivity contribution is -0.137. The van der Waals surface area contributed by atoms with Crippen LogP contribution in [0.2, 0.25) is 5.02 Å². The lowest BCUT2D eigenvalue weighted by Gasteiger charge is -2.33. The predicted octanol–water partition coefficient (Wildman–Crippen LogP) is 3.54. The molecular weight excluding hydrogens is 394 g/mol. The maximum Gasteiger partial charge on any atom is 0.229 e. The Morgan fingerprint density at radius 1 is 1.14 bits per heavy atom. The maximum absolute atomic E-state index is 13.2. The number of nitrogens with zero attached hydrogens (tertiary/aromatic N) is 1. The van der Waals surface area contributed by atoms with Crippen LogP contribution >= 0.6 is 25.1 Å². The van der Waals surface area contributed by atoms with Crippen molar-refractivity contribution in [3.8, 4) is 0 Å². The number of aryl methyl sites for hydroxylation is 1. The Hall–Kier alpha value is -1.82. The predicted molar refractivity (Wildman–Crippen MR) is 114 cm³/mol. The molecule has 1 heterocycles. The second-order valence-corrected chi connectivity index (χ2v) is 8.06. The molecule has 0 radical (unpaired) electrons. The largest absolute Gasteiger partial charge is 0.388 e. The topological polar surface area (TPSA) is 57.6 Å². The molecule has 1 saturated heterocycles. The van der Waals surface area contributed by atoms with Crippen LogP contribution in [-0.2, 0) is 24.2 Å². The molecule has 1 aliphatic carbocycles. The Kier molecular flexibility index (Phi) is 6.18. The lowest BCUT2D eigenvalue weighted by Crippen LogP contribution is -2.38. The SMILES string of the molecule is O=C(CO)c1ccc2c(c1)C[C@@]1(CC2)CCN(Cc2cccc(Cl)c2)C1=O.S. The molecule has 1 amide bonds. The first-order valence-electron chi connectivity index (χ1n) is 9.30. The average molecular weight is 418 g/mol. The Balaban J connectivity index is 0.00000225. The van der Waals surface area contributed by atoms with Gasteiger partial charge < -0.3 is 10.0 Å². The van der Waals surface area contributed by atoms with Crippen LogP contribution in [0.1, 0.15) is 39.9 Å². The number of Topliss-reactive ketones (excluding diaryl/α,β-unsaturated/α-hetero) is 1. The molecule has 28 heavy (non-hydrogen) atoms. The number of carbonyl (C=O) groups excluding carboxylic acids is 2. The molecule has 148 valence electrons. The third kappa shape index (κ3) is 3.84. The van der Waals surface area contributed by atoms with Crippen molar-refractivity contribution in [1.82, 2.24) is 4.90 Å². The number of ketones is 1. The summed E-state index contributed by atoms with van der Waals surface area (Å²) in [5, 5.41) is 9.80. The highest BCUT2D eigenvalue weighted by Crippen LogP contribution is 2.44. The number of halogens is 1. The summed E-state index contributed by atoms with van der Waals surface area (Å²) in [5.74, 6) is -0.0789. The number of hydrogen-bond acceptors (Lipinski definition) is 3. The molecule has 6 heteroatoms. The highest BCUT2D eigenvalue weighted by molar-refractivity contribution is 7.59. The monoisotopic (exact) mass is 417 g/mol. The number of likely N-dealkylation sites (tertiary alicyclic amines) is 1. The molecule has 0 saturated carbocycles. The van der Waals surface area contributed by atoms with Crippen molar-refractivity contribution in [2.45, 2.75) is 32.2 Å². The number of amides is 1. The van der Waals surface area contributed by atoms with Gasteiger partial charge >= 0.3 is 0 Å². The summed E-state index contributed by atoms with van der Waals surface area (Å²) >= 11 is 6.07. The van der Waals surface area contributed by atoms with E-state index in [1.807, 2.05) is 41.3 Å². The van der Waals surface area contributed by atoms with Crippen molar-refractivity contribution >= 4 is 36.8 Å². The van der Waals surface area contributed by atoms with Crippen LogP contribution in [0.3, 0.4) is 0 Å². The molecule has 1 aliphatic heterocycles. The van der Waals surface area contributed by atoms with E-state index in [-0.39, 0.29) is 30.6 Å². The zero-order chi connectivity index (χ0) is 19.0. The number of hydrogen-bond donors (Lipinski definition) is 1. The van der Waals surface area contributed by atoms with E-state index in [1.165, 1.54) is 5.56 Å². The number of benzene rings is 2. The van der Waals surface area contributed by atoms with Gasteiger partial charge in [-0.1, -0.05) is 35.9 Å². The minimum Gasteiger partial charge on any atom is -0.388 e. The lowest BCUT2D eigenvalue weighted by atomic mass is 9.70. The highest BCUT2D eigenvalue weighted by atomic mass is 35.5. The molecule has 0 unspecified atom stereocenters. The van der Waals surface area contributed by atoms with E-state index in [1.54, 1.807) is 6.07 Å². The Morgan fingerprint density at radius 3 is 2.71 bits per heavy atom. The van der Waals surface area contributed by atoms with Crippen LogP contribution < -0.4 is 0 Å². The molecule has 0 aromatic heterocycles. The van der Waals surface area contributed by atoms with Gasteiger partial charge in [0.2, 0.25) is 5.91 Å². The van der Waals surface area contributed by atoms with Crippen molar-refractivity contribution in [3.63, 3.8) is 0 Å². The number of aliphatic hydroxyl groups excluding tert-OH is 1. The smallest absolute Gasteiger partial charge is 0.229 e. The fourth-order valence-corrected chi connectivity index (χ4v) is 4.63. The summed E-state index contributed by atoms with van der Waals surface area (Å²) in [6, 6.07) is 13.2.